The number of hydrogen-bond acceptors (Lipinski definition) is 0. The third-order valence-electron chi connectivity index (χ3n) is 4.31. The molecule has 0 aliphatic heterocycles. The summed E-state index contributed by atoms with van der Waals surface area (Å²) in [4.78, 5) is 0. The van der Waals surface area contributed by atoms with Crippen molar-refractivity contribution in [2.75, 3.05) is 0 Å². The van der Waals surface area contributed by atoms with Crippen molar-refractivity contribution in [3.05, 3.63) is 23.8 Å². The molecule has 4 unspecified atom stereocenters. The quantitative estimate of drug-likeness (QED) is 0.534. The van der Waals surface area contributed by atoms with Gasteiger partial charge in [-0.2, -0.15) is 0 Å². The Balaban J connectivity index is 1.88. The second-order valence-electron chi connectivity index (χ2n) is 5.29. The fourth-order valence-electron chi connectivity index (χ4n) is 3.51. The summed E-state index contributed by atoms with van der Waals surface area (Å²) in [6, 6.07) is 0. The van der Waals surface area contributed by atoms with Gasteiger partial charge >= 0.3 is 0 Å². The monoisotopic (exact) mass is 174 g/mol. The molecule has 0 aromatic heterocycles. The molecule has 0 radical (unpaired) electrons. The minimum absolute atomic E-state index is 0.782. The molecule has 0 saturated heterocycles. The van der Waals surface area contributed by atoms with Gasteiger partial charge in [-0.3, -0.25) is 0 Å². The zero-order chi connectivity index (χ0) is 9.00. The van der Waals surface area contributed by atoms with E-state index in [4.69, 9.17) is 0 Å². The van der Waals surface area contributed by atoms with Crippen molar-refractivity contribution >= 4 is 0 Å². The van der Waals surface area contributed by atoms with E-state index in [1.165, 1.54) is 12.8 Å². The first-order valence-electron chi connectivity index (χ1n) is 5.64. The van der Waals surface area contributed by atoms with Crippen LogP contribution in [0.5, 0.6) is 0 Å². The highest BCUT2D eigenvalue weighted by Gasteiger charge is 2.46. The van der Waals surface area contributed by atoms with Crippen molar-refractivity contribution in [3.63, 3.8) is 0 Å². The van der Waals surface area contributed by atoms with E-state index in [2.05, 4.69) is 32.1 Å². The first-order chi connectivity index (χ1) is 6.25. The summed E-state index contributed by atoms with van der Waals surface area (Å²) in [5, 5.41) is 0. The van der Waals surface area contributed by atoms with Crippen molar-refractivity contribution in [3.8, 4) is 0 Å². The lowest BCUT2D eigenvalue weighted by Gasteiger charge is -2.19. The molecule has 0 aromatic rings. The van der Waals surface area contributed by atoms with Crippen LogP contribution >= 0.6 is 0 Å². The van der Waals surface area contributed by atoms with Gasteiger partial charge in [0.2, 0.25) is 0 Å². The zero-order valence-corrected chi connectivity index (χ0v) is 8.53. The Morgan fingerprint density at radius 1 is 1.23 bits per heavy atom. The molecule has 0 aromatic carbocycles. The Morgan fingerprint density at radius 3 is 2.69 bits per heavy atom. The van der Waals surface area contributed by atoms with E-state index in [0.717, 1.165) is 29.6 Å². The van der Waals surface area contributed by atoms with Gasteiger partial charge in [-0.25, -0.2) is 0 Å². The largest absolute Gasteiger partial charge is 0.0848 e. The molecule has 0 heteroatoms. The zero-order valence-electron chi connectivity index (χ0n) is 8.53. The lowest BCUT2D eigenvalue weighted by molar-refractivity contribution is 0.391. The van der Waals surface area contributed by atoms with Crippen molar-refractivity contribution < 1.29 is 0 Å². The van der Waals surface area contributed by atoms with Crippen LogP contribution in [0, 0.1) is 29.6 Å². The summed E-state index contributed by atoms with van der Waals surface area (Å²) < 4.78 is 0. The van der Waals surface area contributed by atoms with Gasteiger partial charge in [0.15, 0.2) is 0 Å². The molecule has 70 valence electrons. The van der Waals surface area contributed by atoms with E-state index in [9.17, 15) is 0 Å². The number of rotatable bonds is 1. The summed E-state index contributed by atoms with van der Waals surface area (Å²) in [7, 11) is 0. The molecular formula is C13H18. The van der Waals surface area contributed by atoms with Crippen molar-refractivity contribution in [1.82, 2.24) is 0 Å². The van der Waals surface area contributed by atoms with Crippen LogP contribution in [0.4, 0.5) is 0 Å². The summed E-state index contributed by atoms with van der Waals surface area (Å²) in [6.45, 7) is 4.67. The highest BCUT2D eigenvalue weighted by molar-refractivity contribution is 5.27. The predicted octanol–water partition coefficient (Wildman–Crippen LogP) is 3.41. The van der Waals surface area contributed by atoms with Gasteiger partial charge in [0.1, 0.15) is 0 Å². The molecule has 0 amide bonds. The molecule has 1 fully saturated rings. The van der Waals surface area contributed by atoms with Crippen LogP contribution in [0.1, 0.15) is 26.7 Å². The Kier molecular flexibility index (Phi) is 1.51. The van der Waals surface area contributed by atoms with E-state index in [1.54, 1.807) is 5.57 Å². The smallest absolute Gasteiger partial charge is 0.0130 e. The molecule has 2 bridgehead atoms. The van der Waals surface area contributed by atoms with Gasteiger partial charge in [-0.1, -0.05) is 37.6 Å². The van der Waals surface area contributed by atoms with Gasteiger partial charge in [-0.05, 0) is 42.4 Å². The lowest BCUT2D eigenvalue weighted by atomic mass is 9.85. The standard InChI is InChI=1S/C13H18/c1-8(2)11-6-12-9-3-4-10(5-9)13(12)7-11/h3-4,6,8-10,12-13H,5,7H2,1-2H3. The molecule has 0 heterocycles. The third kappa shape index (κ3) is 0.978. The molecule has 13 heavy (non-hydrogen) atoms. The van der Waals surface area contributed by atoms with Crippen LogP contribution in [-0.2, 0) is 0 Å². The number of allylic oxidation sites excluding steroid dienone is 4. The molecule has 1 saturated carbocycles. The van der Waals surface area contributed by atoms with Crippen LogP contribution in [0.3, 0.4) is 0 Å². The lowest BCUT2D eigenvalue weighted by Crippen LogP contribution is -2.12. The summed E-state index contributed by atoms with van der Waals surface area (Å²) in [5.41, 5.74) is 1.73. The molecule has 4 atom stereocenters. The van der Waals surface area contributed by atoms with E-state index in [0.29, 0.717) is 0 Å². The molecule has 0 spiro atoms. The van der Waals surface area contributed by atoms with Crippen LogP contribution in [0.25, 0.3) is 0 Å². The predicted molar refractivity (Wildman–Crippen MR) is 55.3 cm³/mol. The van der Waals surface area contributed by atoms with E-state index >= 15 is 0 Å². The van der Waals surface area contributed by atoms with Gasteiger partial charge in [-0.15, -0.1) is 0 Å². The van der Waals surface area contributed by atoms with Gasteiger partial charge in [0.05, 0.1) is 0 Å². The highest BCUT2D eigenvalue weighted by atomic mass is 14.5. The summed E-state index contributed by atoms with van der Waals surface area (Å²) in [5.74, 6) is 4.54. The first-order valence-corrected chi connectivity index (χ1v) is 5.64. The molecular weight excluding hydrogens is 156 g/mol. The maximum absolute atomic E-state index is 2.60. The minimum Gasteiger partial charge on any atom is -0.0848 e. The Bertz CT molecular complexity index is 282. The number of fused-ring (bicyclic) bond motifs is 5. The minimum atomic E-state index is 0.782. The SMILES string of the molecule is CC(C)C1=CC2C3C=CC(C3)C2C1. The van der Waals surface area contributed by atoms with Crippen LogP contribution in [0.15, 0.2) is 23.8 Å². The van der Waals surface area contributed by atoms with Crippen molar-refractivity contribution in [1.29, 1.82) is 0 Å². The topological polar surface area (TPSA) is 0 Å². The molecule has 0 nitrogen and oxygen atoms in total. The molecule has 3 aliphatic carbocycles. The van der Waals surface area contributed by atoms with Gasteiger partial charge in [0.25, 0.3) is 0 Å². The Labute approximate surface area is 80.7 Å². The van der Waals surface area contributed by atoms with Crippen LogP contribution < -0.4 is 0 Å². The van der Waals surface area contributed by atoms with Crippen LogP contribution in [-0.4, -0.2) is 0 Å². The van der Waals surface area contributed by atoms with E-state index in [1.807, 2.05) is 0 Å². The molecule has 3 aliphatic rings. The maximum atomic E-state index is 2.60. The normalized spacial score (nSPS) is 45.9. The third-order valence-corrected chi connectivity index (χ3v) is 4.31. The average Bonchev–Trinajstić information content (AvgIpc) is 2.76. The molecule has 0 N–H and O–H groups in total. The van der Waals surface area contributed by atoms with Crippen molar-refractivity contribution in [2.24, 2.45) is 29.6 Å². The van der Waals surface area contributed by atoms with Crippen LogP contribution in [0.2, 0.25) is 0 Å². The van der Waals surface area contributed by atoms with E-state index < -0.39 is 0 Å². The van der Waals surface area contributed by atoms with E-state index in [-0.39, 0.29) is 0 Å². The fourth-order valence-corrected chi connectivity index (χ4v) is 3.51. The number of hydrogen-bond donors (Lipinski definition) is 0. The highest BCUT2D eigenvalue weighted by Crippen LogP contribution is 2.55. The summed E-state index contributed by atoms with van der Waals surface area (Å²) in [6.07, 6.45) is 10.4. The fraction of sp³-hybridized carbons (Fsp3) is 0.692. The Hall–Kier alpha value is -0.520. The van der Waals surface area contributed by atoms with Crippen molar-refractivity contribution in [2.45, 2.75) is 26.7 Å². The maximum Gasteiger partial charge on any atom is -0.0130 e. The van der Waals surface area contributed by atoms with Gasteiger partial charge < -0.3 is 0 Å². The second kappa shape index (κ2) is 2.50. The molecule has 3 rings (SSSR count). The van der Waals surface area contributed by atoms with Gasteiger partial charge in [0, 0.05) is 0 Å². The second-order valence-corrected chi connectivity index (χ2v) is 5.29. The average molecular weight is 174 g/mol. The Morgan fingerprint density at radius 2 is 2.00 bits per heavy atom. The first kappa shape index (κ1) is 7.84. The summed E-state index contributed by atoms with van der Waals surface area (Å²) >= 11 is 0.